The molecule has 30 heavy (non-hydrogen) atoms. The molecular formula is C24H27N3O3. The summed E-state index contributed by atoms with van der Waals surface area (Å²) in [6.07, 6.45) is 1.51. The molecule has 0 atom stereocenters. The van der Waals surface area contributed by atoms with Gasteiger partial charge in [-0.15, -0.1) is 0 Å². The Kier molecular flexibility index (Phi) is 6.35. The Bertz CT molecular complexity index is 1090. The zero-order valence-electron chi connectivity index (χ0n) is 18.1. The molecule has 6 heteroatoms. The number of likely N-dealkylation sites (N-methyl/N-ethyl adjacent to an activating group) is 1. The molecule has 0 fully saturated rings. The van der Waals surface area contributed by atoms with E-state index in [4.69, 9.17) is 4.74 Å². The molecule has 1 N–H and O–H groups in total. The fourth-order valence-corrected chi connectivity index (χ4v) is 3.75. The van der Waals surface area contributed by atoms with Gasteiger partial charge in [-0.3, -0.25) is 9.78 Å². The highest BCUT2D eigenvalue weighted by molar-refractivity contribution is 6.06. The van der Waals surface area contributed by atoms with Gasteiger partial charge in [0, 0.05) is 24.3 Å². The second-order valence-corrected chi connectivity index (χ2v) is 7.44. The van der Waals surface area contributed by atoms with E-state index in [9.17, 15) is 9.59 Å². The quantitative estimate of drug-likeness (QED) is 0.615. The van der Waals surface area contributed by atoms with Crippen molar-refractivity contribution < 1.29 is 14.3 Å². The molecule has 0 saturated heterocycles. The first-order valence-electron chi connectivity index (χ1n) is 9.95. The molecule has 1 amide bonds. The summed E-state index contributed by atoms with van der Waals surface area (Å²) in [6.45, 7) is 8.10. The molecule has 0 aliphatic carbocycles. The van der Waals surface area contributed by atoms with Gasteiger partial charge in [-0.1, -0.05) is 35.9 Å². The molecule has 1 aromatic heterocycles. The highest BCUT2D eigenvalue weighted by Gasteiger charge is 2.21. The number of carbonyl (C=O) groups is 2. The predicted octanol–water partition coefficient (Wildman–Crippen LogP) is 4.41. The molecule has 0 saturated carbocycles. The van der Waals surface area contributed by atoms with Crippen LogP contribution in [0.4, 0.5) is 11.4 Å². The van der Waals surface area contributed by atoms with Gasteiger partial charge in [-0.05, 0) is 44.9 Å². The Balaban J connectivity index is 1.92. The number of hydrogen-bond acceptors (Lipinski definition) is 5. The van der Waals surface area contributed by atoms with E-state index in [0.717, 1.165) is 33.3 Å². The number of anilines is 2. The smallest absolute Gasteiger partial charge is 0.341 e. The van der Waals surface area contributed by atoms with Crippen LogP contribution in [0.3, 0.4) is 0 Å². The first-order valence-corrected chi connectivity index (χ1v) is 9.95. The lowest BCUT2D eigenvalue weighted by atomic mass is 10.0. The van der Waals surface area contributed by atoms with Crippen molar-refractivity contribution in [2.75, 3.05) is 30.4 Å². The topological polar surface area (TPSA) is 71.5 Å². The van der Waals surface area contributed by atoms with Gasteiger partial charge >= 0.3 is 5.97 Å². The van der Waals surface area contributed by atoms with Crippen molar-refractivity contribution in [2.24, 2.45) is 0 Å². The SMILES string of the molecule is CCOC(=O)c1cnc2ccccc2c1N(C)CC(=O)Nc1c(C)cc(C)cc1C. The van der Waals surface area contributed by atoms with Gasteiger partial charge in [0.15, 0.2) is 0 Å². The number of carbonyl (C=O) groups excluding carboxylic acids is 2. The number of nitrogens with zero attached hydrogens (tertiary/aromatic N) is 2. The maximum atomic E-state index is 12.8. The van der Waals surface area contributed by atoms with Crippen LogP contribution in [0, 0.1) is 20.8 Å². The number of aromatic nitrogens is 1. The molecule has 0 unspecified atom stereocenters. The van der Waals surface area contributed by atoms with Crippen molar-refractivity contribution in [1.29, 1.82) is 0 Å². The van der Waals surface area contributed by atoms with E-state index in [1.54, 1.807) is 18.9 Å². The van der Waals surface area contributed by atoms with Crippen molar-refractivity contribution in [3.63, 3.8) is 0 Å². The number of hydrogen-bond donors (Lipinski definition) is 1. The van der Waals surface area contributed by atoms with Gasteiger partial charge in [-0.25, -0.2) is 4.79 Å². The average molecular weight is 405 g/mol. The third-order valence-corrected chi connectivity index (χ3v) is 4.95. The number of benzene rings is 2. The van der Waals surface area contributed by atoms with Crippen molar-refractivity contribution in [3.8, 4) is 0 Å². The molecule has 0 aliphatic heterocycles. The van der Waals surface area contributed by atoms with Crippen molar-refractivity contribution >= 4 is 34.2 Å². The van der Waals surface area contributed by atoms with Gasteiger partial charge < -0.3 is 15.0 Å². The van der Waals surface area contributed by atoms with Crippen LogP contribution in [0.1, 0.15) is 34.0 Å². The van der Waals surface area contributed by atoms with Gasteiger partial charge in [0.1, 0.15) is 5.56 Å². The molecule has 2 aromatic carbocycles. The van der Waals surface area contributed by atoms with Crippen LogP contribution in [0.5, 0.6) is 0 Å². The lowest BCUT2D eigenvalue weighted by Crippen LogP contribution is -2.32. The number of amides is 1. The molecule has 156 valence electrons. The normalized spacial score (nSPS) is 10.7. The van der Waals surface area contributed by atoms with Gasteiger partial charge in [0.2, 0.25) is 5.91 Å². The number of rotatable bonds is 6. The summed E-state index contributed by atoms with van der Waals surface area (Å²) < 4.78 is 5.20. The van der Waals surface area contributed by atoms with E-state index >= 15 is 0 Å². The summed E-state index contributed by atoms with van der Waals surface area (Å²) in [6, 6.07) is 11.6. The molecule has 0 radical (unpaired) electrons. The maximum Gasteiger partial charge on any atom is 0.341 e. The molecule has 0 aliphatic rings. The van der Waals surface area contributed by atoms with Crippen molar-refractivity contribution in [2.45, 2.75) is 27.7 Å². The fourth-order valence-electron chi connectivity index (χ4n) is 3.75. The Morgan fingerprint density at radius 3 is 2.43 bits per heavy atom. The van der Waals surface area contributed by atoms with Gasteiger partial charge in [0.25, 0.3) is 0 Å². The average Bonchev–Trinajstić information content (AvgIpc) is 2.69. The number of fused-ring (bicyclic) bond motifs is 1. The molecule has 0 spiro atoms. The monoisotopic (exact) mass is 405 g/mol. The molecule has 3 rings (SSSR count). The molecule has 1 heterocycles. The number of pyridine rings is 1. The lowest BCUT2D eigenvalue weighted by molar-refractivity contribution is -0.114. The predicted molar refractivity (Wildman–Crippen MR) is 120 cm³/mol. The minimum atomic E-state index is -0.455. The first kappa shape index (κ1) is 21.3. The first-order chi connectivity index (χ1) is 14.3. The summed E-state index contributed by atoms with van der Waals surface area (Å²) in [4.78, 5) is 31.5. The Morgan fingerprint density at radius 1 is 1.10 bits per heavy atom. The number of para-hydroxylation sites is 1. The van der Waals surface area contributed by atoms with E-state index in [1.165, 1.54) is 6.20 Å². The van der Waals surface area contributed by atoms with Crippen LogP contribution in [-0.4, -0.2) is 37.1 Å². The van der Waals surface area contributed by atoms with E-state index < -0.39 is 5.97 Å². The van der Waals surface area contributed by atoms with Crippen LogP contribution in [0.15, 0.2) is 42.6 Å². The standard InChI is InChI=1S/C24H27N3O3/c1-6-30-24(29)19-13-25-20-10-8-7-9-18(20)23(19)27(5)14-21(28)26-22-16(3)11-15(2)12-17(22)4/h7-13H,6,14H2,1-5H3,(H,26,28). The number of nitrogens with one attached hydrogen (secondary N) is 1. The van der Waals surface area contributed by atoms with E-state index in [2.05, 4.69) is 10.3 Å². The summed E-state index contributed by atoms with van der Waals surface area (Å²) >= 11 is 0. The van der Waals surface area contributed by atoms with Crippen LogP contribution >= 0.6 is 0 Å². The fraction of sp³-hybridized carbons (Fsp3) is 0.292. The number of aryl methyl sites for hydroxylation is 3. The van der Waals surface area contributed by atoms with Crippen LogP contribution < -0.4 is 10.2 Å². The summed E-state index contributed by atoms with van der Waals surface area (Å²) in [5.41, 5.74) is 5.74. The van der Waals surface area contributed by atoms with Gasteiger partial charge in [0.05, 0.1) is 24.4 Å². The Hall–Kier alpha value is -3.41. The third-order valence-electron chi connectivity index (χ3n) is 4.95. The molecule has 0 bridgehead atoms. The van der Waals surface area contributed by atoms with Crippen molar-refractivity contribution in [1.82, 2.24) is 4.98 Å². The lowest BCUT2D eigenvalue weighted by Gasteiger charge is -2.23. The maximum absolute atomic E-state index is 12.8. The molecular weight excluding hydrogens is 378 g/mol. The second-order valence-electron chi connectivity index (χ2n) is 7.44. The Labute approximate surface area is 176 Å². The Morgan fingerprint density at radius 2 is 1.77 bits per heavy atom. The zero-order chi connectivity index (χ0) is 21.8. The van der Waals surface area contributed by atoms with Crippen LogP contribution in [0.25, 0.3) is 10.9 Å². The minimum absolute atomic E-state index is 0.0766. The van der Waals surface area contributed by atoms with E-state index in [1.807, 2.05) is 57.2 Å². The second kappa shape index (κ2) is 8.95. The van der Waals surface area contributed by atoms with E-state index in [0.29, 0.717) is 11.3 Å². The molecule has 3 aromatic rings. The zero-order valence-corrected chi connectivity index (χ0v) is 18.1. The van der Waals surface area contributed by atoms with Crippen LogP contribution in [0.2, 0.25) is 0 Å². The highest BCUT2D eigenvalue weighted by Crippen LogP contribution is 2.30. The summed E-state index contributed by atoms with van der Waals surface area (Å²) in [5.74, 6) is -0.619. The third kappa shape index (κ3) is 4.43. The summed E-state index contributed by atoms with van der Waals surface area (Å²) in [5, 5.41) is 3.81. The van der Waals surface area contributed by atoms with Gasteiger partial charge in [-0.2, -0.15) is 0 Å². The molecule has 6 nitrogen and oxygen atoms in total. The van der Waals surface area contributed by atoms with Crippen LogP contribution in [-0.2, 0) is 9.53 Å². The number of esters is 1. The number of ether oxygens (including phenoxy) is 1. The largest absolute Gasteiger partial charge is 0.462 e. The van der Waals surface area contributed by atoms with E-state index in [-0.39, 0.29) is 19.1 Å². The highest BCUT2D eigenvalue weighted by atomic mass is 16.5. The summed E-state index contributed by atoms with van der Waals surface area (Å²) in [7, 11) is 1.79. The van der Waals surface area contributed by atoms with Crippen molar-refractivity contribution in [3.05, 3.63) is 64.8 Å². The minimum Gasteiger partial charge on any atom is -0.462 e.